The van der Waals surface area contributed by atoms with Crippen molar-refractivity contribution in [2.75, 3.05) is 39.3 Å². The van der Waals surface area contributed by atoms with Crippen LogP contribution in [0.3, 0.4) is 0 Å². The molecule has 0 aliphatic carbocycles. The number of piperidine rings is 2. The number of aliphatic hydroxyl groups is 1. The second kappa shape index (κ2) is 7.67. The number of hydrogen-bond acceptors (Lipinski definition) is 4. The number of benzene rings is 1. The second-order valence-electron chi connectivity index (χ2n) is 8.35. The predicted molar refractivity (Wildman–Crippen MR) is 100 cm³/mol. The van der Waals surface area contributed by atoms with Gasteiger partial charge in [-0.3, -0.25) is 9.69 Å². The zero-order valence-electron chi connectivity index (χ0n) is 15.5. The fourth-order valence-electron chi connectivity index (χ4n) is 4.79. The van der Waals surface area contributed by atoms with Crippen LogP contribution in [0.15, 0.2) is 30.3 Å². The van der Waals surface area contributed by atoms with Gasteiger partial charge >= 0.3 is 0 Å². The van der Waals surface area contributed by atoms with Crippen LogP contribution in [-0.2, 0) is 4.74 Å². The van der Waals surface area contributed by atoms with Crippen LogP contribution < -0.4 is 0 Å². The van der Waals surface area contributed by atoms with Crippen LogP contribution in [0.25, 0.3) is 0 Å². The molecule has 0 radical (unpaired) electrons. The molecular formula is C21H30N2O3. The van der Waals surface area contributed by atoms with Crippen molar-refractivity contribution in [3.8, 4) is 0 Å². The lowest BCUT2D eigenvalue weighted by Crippen LogP contribution is -2.44. The third-order valence-corrected chi connectivity index (χ3v) is 6.36. The maximum Gasteiger partial charge on any atom is 0.253 e. The fourth-order valence-corrected chi connectivity index (χ4v) is 4.79. The fraction of sp³-hybridized carbons (Fsp3) is 0.667. The Hall–Kier alpha value is -1.43. The van der Waals surface area contributed by atoms with E-state index in [0.29, 0.717) is 0 Å². The van der Waals surface area contributed by atoms with Gasteiger partial charge in [0.15, 0.2) is 0 Å². The summed E-state index contributed by atoms with van der Waals surface area (Å²) in [5.41, 5.74) is 1.03. The summed E-state index contributed by atoms with van der Waals surface area (Å²) in [6.45, 7) is 5.26. The molecule has 3 fully saturated rings. The summed E-state index contributed by atoms with van der Waals surface area (Å²) in [5.74, 6) is 0.151. The van der Waals surface area contributed by atoms with Crippen molar-refractivity contribution < 1.29 is 14.6 Å². The number of carbonyl (C=O) groups is 1. The van der Waals surface area contributed by atoms with E-state index in [1.54, 1.807) is 0 Å². The molecule has 3 aliphatic heterocycles. The van der Waals surface area contributed by atoms with E-state index in [1.807, 2.05) is 35.2 Å². The molecule has 0 aromatic heterocycles. The lowest BCUT2D eigenvalue weighted by Gasteiger charge is -2.38. The zero-order valence-corrected chi connectivity index (χ0v) is 15.5. The number of β-amino-alcohol motifs (C(OH)–C–C–N with tert-alkyl or cyclic N) is 1. The lowest BCUT2D eigenvalue weighted by molar-refractivity contribution is 0.0227. The second-order valence-corrected chi connectivity index (χ2v) is 8.35. The van der Waals surface area contributed by atoms with Crippen LogP contribution in [0, 0.1) is 5.41 Å². The molecule has 3 heterocycles. The van der Waals surface area contributed by atoms with Crippen molar-refractivity contribution in [3.05, 3.63) is 35.9 Å². The number of rotatable bonds is 3. The van der Waals surface area contributed by atoms with Crippen molar-refractivity contribution in [3.63, 3.8) is 0 Å². The van der Waals surface area contributed by atoms with Crippen LogP contribution in [0.4, 0.5) is 0 Å². The summed E-state index contributed by atoms with van der Waals surface area (Å²) in [4.78, 5) is 17.0. The molecule has 3 aliphatic rings. The highest BCUT2D eigenvalue weighted by Crippen LogP contribution is 2.42. The van der Waals surface area contributed by atoms with E-state index in [9.17, 15) is 9.90 Å². The highest BCUT2D eigenvalue weighted by Gasteiger charge is 2.43. The van der Waals surface area contributed by atoms with Gasteiger partial charge in [-0.25, -0.2) is 0 Å². The van der Waals surface area contributed by atoms with Gasteiger partial charge in [-0.05, 0) is 56.2 Å². The van der Waals surface area contributed by atoms with Crippen molar-refractivity contribution >= 4 is 5.91 Å². The van der Waals surface area contributed by atoms with E-state index in [4.69, 9.17) is 4.74 Å². The first-order valence-corrected chi connectivity index (χ1v) is 10.00. The van der Waals surface area contributed by atoms with Crippen molar-refractivity contribution in [1.29, 1.82) is 0 Å². The van der Waals surface area contributed by atoms with E-state index < -0.39 is 0 Å². The van der Waals surface area contributed by atoms with E-state index in [0.717, 1.165) is 77.0 Å². The molecule has 2 unspecified atom stereocenters. The van der Waals surface area contributed by atoms with Gasteiger partial charge in [0, 0.05) is 31.7 Å². The van der Waals surface area contributed by atoms with Crippen LogP contribution in [-0.4, -0.2) is 72.4 Å². The van der Waals surface area contributed by atoms with Gasteiger partial charge in [-0.15, -0.1) is 0 Å². The molecule has 2 atom stereocenters. The topological polar surface area (TPSA) is 53.0 Å². The zero-order chi connectivity index (χ0) is 18.0. The van der Waals surface area contributed by atoms with Crippen LogP contribution in [0.2, 0.25) is 0 Å². The number of aliphatic hydroxyl groups excluding tert-OH is 1. The number of likely N-dealkylation sites (tertiary alicyclic amines) is 2. The molecule has 142 valence electrons. The van der Waals surface area contributed by atoms with E-state index in [2.05, 4.69) is 4.90 Å². The summed E-state index contributed by atoms with van der Waals surface area (Å²) in [6, 6.07) is 9.58. The lowest BCUT2D eigenvalue weighted by atomic mass is 9.76. The Kier molecular flexibility index (Phi) is 5.30. The quantitative estimate of drug-likeness (QED) is 0.900. The highest BCUT2D eigenvalue weighted by atomic mass is 16.5. The molecule has 1 spiro atoms. The molecule has 5 nitrogen and oxygen atoms in total. The van der Waals surface area contributed by atoms with Gasteiger partial charge in [0.2, 0.25) is 0 Å². The average molecular weight is 358 g/mol. The van der Waals surface area contributed by atoms with E-state index >= 15 is 0 Å². The number of hydrogen-bond donors (Lipinski definition) is 1. The Labute approximate surface area is 155 Å². The Bertz CT molecular complexity index is 613. The molecule has 1 N–H and O–H groups in total. The third kappa shape index (κ3) is 3.95. The number of carbonyl (C=O) groups excluding carboxylic acids is 1. The number of nitrogens with zero attached hydrogens (tertiary/aromatic N) is 2. The van der Waals surface area contributed by atoms with E-state index in [1.165, 1.54) is 0 Å². The standard InChI is InChI=1S/C21H30N2O3/c24-18-7-4-10-22(14-18)15-19-13-21(16-26-19)8-11-23(12-9-21)20(25)17-5-2-1-3-6-17/h1-3,5-6,18-19,24H,4,7-16H2. The summed E-state index contributed by atoms with van der Waals surface area (Å²) >= 11 is 0. The molecular weight excluding hydrogens is 328 g/mol. The maximum atomic E-state index is 12.6. The number of ether oxygens (including phenoxy) is 1. The maximum absolute atomic E-state index is 12.6. The molecule has 4 rings (SSSR count). The van der Waals surface area contributed by atoms with Crippen molar-refractivity contribution in [1.82, 2.24) is 9.80 Å². The highest BCUT2D eigenvalue weighted by molar-refractivity contribution is 5.94. The minimum absolute atomic E-state index is 0.151. The van der Waals surface area contributed by atoms with Gasteiger partial charge in [0.05, 0.1) is 18.8 Å². The summed E-state index contributed by atoms with van der Waals surface area (Å²) in [5, 5.41) is 9.85. The molecule has 0 bridgehead atoms. The Balaban J connectivity index is 1.28. The van der Waals surface area contributed by atoms with Gasteiger partial charge in [0.1, 0.15) is 0 Å². The third-order valence-electron chi connectivity index (χ3n) is 6.36. The minimum atomic E-state index is -0.175. The molecule has 1 amide bonds. The molecule has 3 saturated heterocycles. The van der Waals surface area contributed by atoms with Crippen molar-refractivity contribution in [2.45, 2.75) is 44.3 Å². The van der Waals surface area contributed by atoms with Crippen molar-refractivity contribution in [2.24, 2.45) is 5.41 Å². The monoisotopic (exact) mass is 358 g/mol. The van der Waals surface area contributed by atoms with E-state index in [-0.39, 0.29) is 23.5 Å². The normalized spacial score (nSPS) is 29.2. The van der Waals surface area contributed by atoms with Gasteiger partial charge in [0.25, 0.3) is 5.91 Å². The first-order valence-electron chi connectivity index (χ1n) is 10.00. The first kappa shape index (κ1) is 18.0. The molecule has 0 saturated carbocycles. The van der Waals surface area contributed by atoms with Gasteiger partial charge < -0.3 is 14.7 Å². The largest absolute Gasteiger partial charge is 0.392 e. The molecule has 5 heteroatoms. The van der Waals surface area contributed by atoms with Crippen LogP contribution in [0.5, 0.6) is 0 Å². The Morgan fingerprint density at radius 3 is 2.69 bits per heavy atom. The average Bonchev–Trinajstić information content (AvgIpc) is 3.04. The summed E-state index contributed by atoms with van der Waals surface area (Å²) in [6.07, 6.45) is 5.26. The first-order chi connectivity index (χ1) is 12.6. The molecule has 26 heavy (non-hydrogen) atoms. The van der Waals surface area contributed by atoms with Crippen LogP contribution in [0.1, 0.15) is 42.5 Å². The Morgan fingerprint density at radius 1 is 1.19 bits per heavy atom. The van der Waals surface area contributed by atoms with Gasteiger partial charge in [-0.1, -0.05) is 18.2 Å². The van der Waals surface area contributed by atoms with Crippen LogP contribution >= 0.6 is 0 Å². The summed E-state index contributed by atoms with van der Waals surface area (Å²) < 4.78 is 6.14. The molecule has 1 aromatic rings. The smallest absolute Gasteiger partial charge is 0.253 e. The minimum Gasteiger partial charge on any atom is -0.392 e. The predicted octanol–water partition coefficient (Wildman–Crippen LogP) is 2.15. The Morgan fingerprint density at radius 2 is 1.96 bits per heavy atom. The molecule has 1 aromatic carbocycles. The SMILES string of the molecule is O=C(c1ccccc1)N1CCC2(CC1)COC(CN1CCCC(O)C1)C2. The van der Waals surface area contributed by atoms with Gasteiger partial charge in [-0.2, -0.15) is 0 Å². The summed E-state index contributed by atoms with van der Waals surface area (Å²) in [7, 11) is 0. The number of amides is 1.